The van der Waals surface area contributed by atoms with Crippen LogP contribution >= 0.6 is 0 Å². The third kappa shape index (κ3) is 4.53. The van der Waals surface area contributed by atoms with Gasteiger partial charge in [-0.3, -0.25) is 0 Å². The van der Waals surface area contributed by atoms with E-state index >= 15 is 0 Å². The molecular formula is C17H25N. The van der Waals surface area contributed by atoms with E-state index in [9.17, 15) is 5.26 Å². The summed E-state index contributed by atoms with van der Waals surface area (Å²) in [6.07, 6.45) is 2.97. The number of nitrogens with zero attached hydrogens (tertiary/aromatic N) is 1. The lowest BCUT2D eigenvalue weighted by Crippen LogP contribution is -2.23. The van der Waals surface area contributed by atoms with E-state index in [-0.39, 0.29) is 11.3 Å². The van der Waals surface area contributed by atoms with Crippen molar-refractivity contribution in [1.29, 1.82) is 5.26 Å². The van der Waals surface area contributed by atoms with Gasteiger partial charge in [0.25, 0.3) is 0 Å². The number of aryl methyl sites for hydroxylation is 1. The molecule has 18 heavy (non-hydrogen) atoms. The highest BCUT2D eigenvalue weighted by molar-refractivity contribution is 5.15. The summed E-state index contributed by atoms with van der Waals surface area (Å²) in [7, 11) is 0. The molecule has 1 rings (SSSR count). The van der Waals surface area contributed by atoms with Gasteiger partial charge in [-0.05, 0) is 36.2 Å². The maximum atomic E-state index is 9.30. The lowest BCUT2D eigenvalue weighted by atomic mass is 9.73. The van der Waals surface area contributed by atoms with E-state index in [4.69, 9.17) is 0 Å². The van der Waals surface area contributed by atoms with E-state index in [2.05, 4.69) is 58.0 Å². The van der Waals surface area contributed by atoms with E-state index in [1.807, 2.05) is 6.07 Å². The van der Waals surface area contributed by atoms with Crippen LogP contribution in [0, 0.1) is 28.6 Å². The number of benzene rings is 1. The van der Waals surface area contributed by atoms with Crippen LogP contribution in [0.3, 0.4) is 0 Å². The number of hydrogen-bond donors (Lipinski definition) is 0. The minimum atomic E-state index is 0.169. The molecule has 0 fully saturated rings. The first-order valence-electron chi connectivity index (χ1n) is 6.89. The first kappa shape index (κ1) is 14.8. The number of nitriles is 1. The smallest absolute Gasteiger partial charge is 0.0656 e. The molecule has 1 aromatic carbocycles. The molecule has 0 saturated carbocycles. The minimum Gasteiger partial charge on any atom is -0.198 e. The summed E-state index contributed by atoms with van der Waals surface area (Å²) in [5.74, 6) is 0.785. The van der Waals surface area contributed by atoms with Crippen LogP contribution in [0.5, 0.6) is 0 Å². The Bertz CT molecular complexity index is 384. The summed E-state index contributed by atoms with van der Waals surface area (Å²) in [6.45, 7) is 9.02. The molecule has 98 valence electrons. The molecular weight excluding hydrogens is 218 g/mol. The van der Waals surface area contributed by atoms with E-state index in [0.29, 0.717) is 5.92 Å². The maximum Gasteiger partial charge on any atom is 0.0656 e. The summed E-state index contributed by atoms with van der Waals surface area (Å²) in [5, 5.41) is 9.30. The summed E-state index contributed by atoms with van der Waals surface area (Å²) in [5.41, 5.74) is 1.58. The van der Waals surface area contributed by atoms with Gasteiger partial charge in [-0.1, -0.05) is 58.0 Å². The topological polar surface area (TPSA) is 23.8 Å². The van der Waals surface area contributed by atoms with Crippen molar-refractivity contribution in [3.63, 3.8) is 0 Å². The SMILES string of the molecule is CC(C)C(C)(C)CC(C#N)CCc1ccccc1. The second kappa shape index (κ2) is 6.59. The fourth-order valence-electron chi connectivity index (χ4n) is 2.07. The van der Waals surface area contributed by atoms with Gasteiger partial charge in [0.2, 0.25) is 0 Å². The van der Waals surface area contributed by atoms with Gasteiger partial charge >= 0.3 is 0 Å². The first-order chi connectivity index (χ1) is 8.45. The van der Waals surface area contributed by atoms with Crippen molar-refractivity contribution in [2.45, 2.75) is 47.0 Å². The predicted octanol–water partition coefficient (Wildman–Crippen LogP) is 4.83. The lowest BCUT2D eigenvalue weighted by Gasteiger charge is -2.31. The molecule has 0 heterocycles. The third-order valence-corrected chi connectivity index (χ3v) is 4.14. The summed E-state index contributed by atoms with van der Waals surface area (Å²) >= 11 is 0. The quantitative estimate of drug-likeness (QED) is 0.702. The highest BCUT2D eigenvalue weighted by Gasteiger charge is 2.26. The number of hydrogen-bond acceptors (Lipinski definition) is 1. The molecule has 0 aliphatic heterocycles. The van der Waals surface area contributed by atoms with Crippen molar-refractivity contribution in [1.82, 2.24) is 0 Å². The van der Waals surface area contributed by atoms with Gasteiger partial charge in [-0.2, -0.15) is 5.26 Å². The van der Waals surface area contributed by atoms with E-state index in [1.54, 1.807) is 0 Å². The second-order valence-corrected chi connectivity index (χ2v) is 6.20. The molecule has 0 saturated heterocycles. The normalized spacial score (nSPS) is 13.3. The Kier molecular flexibility index (Phi) is 5.41. The fourth-order valence-corrected chi connectivity index (χ4v) is 2.07. The van der Waals surface area contributed by atoms with Crippen LogP contribution in [0.15, 0.2) is 30.3 Å². The summed E-state index contributed by atoms with van der Waals surface area (Å²) in [4.78, 5) is 0. The average Bonchev–Trinajstić information content (AvgIpc) is 2.35. The Hall–Kier alpha value is -1.29. The molecule has 1 heteroatoms. The van der Waals surface area contributed by atoms with Crippen LogP contribution in [0.4, 0.5) is 0 Å². The van der Waals surface area contributed by atoms with Crippen LogP contribution < -0.4 is 0 Å². The third-order valence-electron chi connectivity index (χ3n) is 4.14. The van der Waals surface area contributed by atoms with Crippen molar-refractivity contribution < 1.29 is 0 Å². The summed E-state index contributed by atoms with van der Waals surface area (Å²) < 4.78 is 0. The molecule has 0 aromatic heterocycles. The molecule has 0 radical (unpaired) electrons. The fraction of sp³-hybridized carbons (Fsp3) is 0.588. The van der Waals surface area contributed by atoms with Crippen LogP contribution in [0.1, 0.15) is 46.1 Å². The number of rotatable bonds is 6. The monoisotopic (exact) mass is 243 g/mol. The Morgan fingerprint density at radius 3 is 2.28 bits per heavy atom. The Morgan fingerprint density at radius 2 is 1.78 bits per heavy atom. The molecule has 0 aliphatic carbocycles. The average molecular weight is 243 g/mol. The molecule has 1 atom stereocenters. The van der Waals surface area contributed by atoms with E-state index in [0.717, 1.165) is 19.3 Å². The molecule has 1 unspecified atom stereocenters. The first-order valence-corrected chi connectivity index (χ1v) is 6.89. The molecule has 0 bridgehead atoms. The zero-order valence-corrected chi connectivity index (χ0v) is 12.1. The van der Waals surface area contributed by atoms with Crippen molar-refractivity contribution in [2.75, 3.05) is 0 Å². The molecule has 1 aromatic rings. The largest absolute Gasteiger partial charge is 0.198 e. The van der Waals surface area contributed by atoms with E-state index < -0.39 is 0 Å². The molecule has 1 nitrogen and oxygen atoms in total. The van der Waals surface area contributed by atoms with Gasteiger partial charge in [-0.15, -0.1) is 0 Å². The molecule has 0 aliphatic rings. The van der Waals surface area contributed by atoms with Crippen LogP contribution in [0.2, 0.25) is 0 Å². The highest BCUT2D eigenvalue weighted by Crippen LogP contribution is 2.34. The van der Waals surface area contributed by atoms with Gasteiger partial charge in [-0.25, -0.2) is 0 Å². The van der Waals surface area contributed by atoms with Gasteiger partial charge in [0.1, 0.15) is 0 Å². The zero-order chi connectivity index (χ0) is 13.6. The standard InChI is InChI=1S/C17H25N/c1-14(2)17(3,4)12-16(13-18)11-10-15-8-6-5-7-9-15/h5-9,14,16H,10-12H2,1-4H3. The van der Waals surface area contributed by atoms with Gasteiger partial charge in [0, 0.05) is 5.92 Å². The molecule has 0 N–H and O–H groups in total. The van der Waals surface area contributed by atoms with Crippen LogP contribution in [0.25, 0.3) is 0 Å². The lowest BCUT2D eigenvalue weighted by molar-refractivity contribution is 0.201. The predicted molar refractivity (Wildman–Crippen MR) is 77.1 cm³/mol. The second-order valence-electron chi connectivity index (χ2n) is 6.20. The van der Waals surface area contributed by atoms with Crippen LogP contribution in [-0.2, 0) is 6.42 Å². The van der Waals surface area contributed by atoms with Crippen LogP contribution in [-0.4, -0.2) is 0 Å². The van der Waals surface area contributed by atoms with Gasteiger partial charge < -0.3 is 0 Å². The minimum absolute atomic E-state index is 0.169. The van der Waals surface area contributed by atoms with E-state index in [1.165, 1.54) is 5.56 Å². The highest BCUT2D eigenvalue weighted by atomic mass is 14.3. The van der Waals surface area contributed by atoms with Gasteiger partial charge in [0.05, 0.1) is 6.07 Å². The van der Waals surface area contributed by atoms with Crippen molar-refractivity contribution in [3.05, 3.63) is 35.9 Å². The Balaban J connectivity index is 2.51. The zero-order valence-electron chi connectivity index (χ0n) is 12.1. The Labute approximate surface area is 112 Å². The van der Waals surface area contributed by atoms with Gasteiger partial charge in [0.15, 0.2) is 0 Å². The Morgan fingerprint density at radius 1 is 1.17 bits per heavy atom. The maximum absolute atomic E-state index is 9.30. The van der Waals surface area contributed by atoms with Crippen molar-refractivity contribution in [2.24, 2.45) is 17.3 Å². The molecule has 0 spiro atoms. The summed E-state index contributed by atoms with van der Waals surface area (Å²) in [6, 6.07) is 12.9. The van der Waals surface area contributed by atoms with Crippen molar-refractivity contribution in [3.8, 4) is 6.07 Å². The van der Waals surface area contributed by atoms with Crippen molar-refractivity contribution >= 4 is 0 Å². The molecule has 0 amide bonds.